The Balaban J connectivity index is 2.42. The van der Waals surface area contributed by atoms with Gasteiger partial charge in [0.15, 0.2) is 5.69 Å². The monoisotopic (exact) mass is 411 g/mol. The Morgan fingerprint density at radius 1 is 1.10 bits per heavy atom. The average molecular weight is 411 g/mol. The minimum absolute atomic E-state index is 0.104. The molecule has 154 valence electrons. The molecule has 0 saturated heterocycles. The van der Waals surface area contributed by atoms with Gasteiger partial charge in [-0.1, -0.05) is 18.2 Å². The van der Waals surface area contributed by atoms with Crippen LogP contribution in [-0.2, 0) is 9.47 Å². The summed E-state index contributed by atoms with van der Waals surface area (Å²) in [5, 5.41) is 26.1. The van der Waals surface area contributed by atoms with Gasteiger partial charge in [-0.05, 0) is 25.1 Å². The first kappa shape index (κ1) is 20.5. The number of benzene rings is 2. The van der Waals surface area contributed by atoms with E-state index in [1.807, 2.05) is 0 Å². The first-order valence-electron chi connectivity index (χ1n) is 8.63. The van der Waals surface area contributed by atoms with Crippen molar-refractivity contribution in [1.29, 1.82) is 0 Å². The predicted molar refractivity (Wildman–Crippen MR) is 105 cm³/mol. The van der Waals surface area contributed by atoms with Crippen molar-refractivity contribution in [2.45, 2.75) is 6.92 Å². The molecular weight excluding hydrogens is 394 g/mol. The average Bonchev–Trinajstić information content (AvgIpc) is 3.13. The summed E-state index contributed by atoms with van der Waals surface area (Å²) in [4.78, 5) is 35.9. The largest absolute Gasteiger partial charge is 0.507 e. The van der Waals surface area contributed by atoms with E-state index in [0.29, 0.717) is 5.69 Å². The number of hydrogen-bond acceptors (Lipinski definition) is 8. The van der Waals surface area contributed by atoms with E-state index in [-0.39, 0.29) is 39.5 Å². The van der Waals surface area contributed by atoms with Crippen LogP contribution in [0.4, 0.5) is 5.69 Å². The molecule has 0 aliphatic carbocycles. The molecular formula is C20H17N3O7. The zero-order valence-electron chi connectivity index (χ0n) is 16.3. The summed E-state index contributed by atoms with van der Waals surface area (Å²) in [6, 6.07) is 10.7. The molecule has 0 aliphatic rings. The summed E-state index contributed by atoms with van der Waals surface area (Å²) in [7, 11) is 2.25. The SMILES string of the molecule is COC(=O)c1c(-c2cc([N+](=O)[O-])c(C)cc2O)nn(-c2ccccc2)c1C(=O)OC. The number of phenolic OH excluding ortho intramolecular Hbond substituents is 1. The number of nitrogens with zero attached hydrogens (tertiary/aromatic N) is 3. The molecule has 1 aromatic heterocycles. The van der Waals surface area contributed by atoms with Gasteiger partial charge in [0.1, 0.15) is 17.0 Å². The van der Waals surface area contributed by atoms with Gasteiger partial charge in [-0.3, -0.25) is 10.1 Å². The Hall–Kier alpha value is -4.21. The number of phenols is 1. The van der Waals surface area contributed by atoms with Crippen molar-refractivity contribution < 1.29 is 29.1 Å². The second-order valence-corrected chi connectivity index (χ2v) is 6.22. The van der Waals surface area contributed by atoms with Crippen LogP contribution in [0.5, 0.6) is 5.75 Å². The number of aryl methyl sites for hydroxylation is 1. The predicted octanol–water partition coefficient (Wildman–Crippen LogP) is 3.03. The number of carbonyl (C=O) groups is 2. The maximum atomic E-state index is 12.6. The summed E-state index contributed by atoms with van der Waals surface area (Å²) in [5.41, 5.74) is -0.437. The smallest absolute Gasteiger partial charge is 0.357 e. The fourth-order valence-electron chi connectivity index (χ4n) is 3.01. The highest BCUT2D eigenvalue weighted by atomic mass is 16.6. The molecule has 0 bridgehead atoms. The van der Waals surface area contributed by atoms with Gasteiger partial charge in [-0.2, -0.15) is 5.10 Å². The molecule has 0 amide bonds. The normalized spacial score (nSPS) is 10.5. The molecule has 0 spiro atoms. The number of ether oxygens (including phenoxy) is 2. The summed E-state index contributed by atoms with van der Waals surface area (Å²) >= 11 is 0. The van der Waals surface area contributed by atoms with E-state index in [2.05, 4.69) is 5.10 Å². The molecule has 0 saturated carbocycles. The van der Waals surface area contributed by atoms with Crippen molar-refractivity contribution in [3.05, 3.63) is 69.4 Å². The van der Waals surface area contributed by atoms with Crippen molar-refractivity contribution in [2.75, 3.05) is 14.2 Å². The molecule has 1 N–H and O–H groups in total. The van der Waals surface area contributed by atoms with E-state index in [0.717, 1.165) is 20.3 Å². The first-order chi connectivity index (χ1) is 14.3. The summed E-state index contributed by atoms with van der Waals surface area (Å²) in [6.45, 7) is 1.46. The van der Waals surface area contributed by atoms with Crippen LogP contribution in [0.25, 0.3) is 16.9 Å². The van der Waals surface area contributed by atoms with Crippen LogP contribution in [0.15, 0.2) is 42.5 Å². The number of para-hydroxylation sites is 1. The van der Waals surface area contributed by atoms with E-state index < -0.39 is 16.9 Å². The molecule has 10 heteroatoms. The first-order valence-corrected chi connectivity index (χ1v) is 8.63. The van der Waals surface area contributed by atoms with Gasteiger partial charge in [0.2, 0.25) is 0 Å². The molecule has 3 aromatic rings. The Labute approximate surface area is 170 Å². The highest BCUT2D eigenvalue weighted by Gasteiger charge is 2.33. The third-order valence-electron chi connectivity index (χ3n) is 4.42. The van der Waals surface area contributed by atoms with Crippen molar-refractivity contribution in [3.63, 3.8) is 0 Å². The molecule has 0 radical (unpaired) electrons. The van der Waals surface area contributed by atoms with Gasteiger partial charge in [-0.25, -0.2) is 14.3 Å². The maximum absolute atomic E-state index is 12.6. The number of nitro groups is 1. The van der Waals surface area contributed by atoms with Crippen molar-refractivity contribution in [3.8, 4) is 22.7 Å². The third-order valence-corrected chi connectivity index (χ3v) is 4.42. The number of esters is 2. The Bertz CT molecular complexity index is 1150. The number of aromatic nitrogens is 2. The molecule has 0 atom stereocenters. The zero-order valence-corrected chi connectivity index (χ0v) is 16.3. The van der Waals surface area contributed by atoms with E-state index in [1.165, 1.54) is 17.7 Å². The lowest BCUT2D eigenvalue weighted by Crippen LogP contribution is -2.15. The lowest BCUT2D eigenvalue weighted by molar-refractivity contribution is -0.385. The van der Waals surface area contributed by atoms with Crippen LogP contribution >= 0.6 is 0 Å². The molecule has 3 rings (SSSR count). The lowest BCUT2D eigenvalue weighted by Gasteiger charge is -2.07. The van der Waals surface area contributed by atoms with Crippen LogP contribution in [0, 0.1) is 17.0 Å². The van der Waals surface area contributed by atoms with Gasteiger partial charge in [0.05, 0.1) is 30.4 Å². The van der Waals surface area contributed by atoms with Gasteiger partial charge in [0.25, 0.3) is 5.69 Å². The lowest BCUT2D eigenvalue weighted by atomic mass is 10.0. The van der Waals surface area contributed by atoms with Crippen LogP contribution < -0.4 is 0 Å². The molecule has 0 unspecified atom stereocenters. The second-order valence-electron chi connectivity index (χ2n) is 6.22. The molecule has 0 aliphatic heterocycles. The standard InChI is InChI=1S/C20H17N3O7/c1-11-9-15(24)13(10-14(11)23(27)28)17-16(19(25)29-2)18(20(26)30-3)22(21-17)12-7-5-4-6-8-12/h4-10,24H,1-3H3. The Kier molecular flexibility index (Phi) is 5.50. The molecule has 0 fully saturated rings. The minimum Gasteiger partial charge on any atom is -0.507 e. The quantitative estimate of drug-likeness (QED) is 0.385. The summed E-state index contributed by atoms with van der Waals surface area (Å²) < 4.78 is 10.8. The second kappa shape index (κ2) is 8.03. The van der Waals surface area contributed by atoms with Gasteiger partial charge in [-0.15, -0.1) is 0 Å². The van der Waals surface area contributed by atoms with Crippen LogP contribution in [0.3, 0.4) is 0 Å². The number of rotatable bonds is 5. The van der Waals surface area contributed by atoms with E-state index in [1.54, 1.807) is 30.3 Å². The van der Waals surface area contributed by atoms with Gasteiger partial charge in [0, 0.05) is 11.6 Å². The highest BCUT2D eigenvalue weighted by molar-refractivity contribution is 6.07. The fraction of sp³-hybridized carbons (Fsp3) is 0.150. The Morgan fingerprint density at radius 2 is 1.73 bits per heavy atom. The number of aromatic hydroxyl groups is 1. The van der Waals surface area contributed by atoms with Crippen molar-refractivity contribution in [1.82, 2.24) is 9.78 Å². The number of carbonyl (C=O) groups excluding carboxylic acids is 2. The van der Waals surface area contributed by atoms with Crippen LogP contribution in [0.2, 0.25) is 0 Å². The minimum atomic E-state index is -0.921. The van der Waals surface area contributed by atoms with Gasteiger partial charge >= 0.3 is 11.9 Å². The van der Waals surface area contributed by atoms with E-state index >= 15 is 0 Å². The Morgan fingerprint density at radius 3 is 2.30 bits per heavy atom. The third kappa shape index (κ3) is 3.46. The molecule has 10 nitrogen and oxygen atoms in total. The van der Waals surface area contributed by atoms with Crippen LogP contribution in [-0.4, -0.2) is 46.0 Å². The molecule has 1 heterocycles. The number of methoxy groups -OCH3 is 2. The zero-order chi connectivity index (χ0) is 22.0. The van der Waals surface area contributed by atoms with Crippen LogP contribution in [0.1, 0.15) is 26.4 Å². The summed E-state index contributed by atoms with van der Waals surface area (Å²) in [5.74, 6) is -2.15. The van der Waals surface area contributed by atoms with Crippen molar-refractivity contribution in [2.24, 2.45) is 0 Å². The van der Waals surface area contributed by atoms with Crippen molar-refractivity contribution >= 4 is 17.6 Å². The number of nitro benzene ring substituents is 1. The van der Waals surface area contributed by atoms with E-state index in [9.17, 15) is 24.8 Å². The number of hydrogen-bond donors (Lipinski definition) is 1. The molecule has 30 heavy (non-hydrogen) atoms. The highest BCUT2D eigenvalue weighted by Crippen LogP contribution is 2.38. The summed E-state index contributed by atoms with van der Waals surface area (Å²) in [6.07, 6.45) is 0. The van der Waals surface area contributed by atoms with E-state index in [4.69, 9.17) is 9.47 Å². The maximum Gasteiger partial charge on any atom is 0.357 e. The molecule has 2 aromatic carbocycles. The van der Waals surface area contributed by atoms with Gasteiger partial charge < -0.3 is 14.6 Å². The fourth-order valence-corrected chi connectivity index (χ4v) is 3.01. The topological polar surface area (TPSA) is 134 Å².